The van der Waals surface area contributed by atoms with Gasteiger partial charge in [0.2, 0.25) is 0 Å². The minimum Gasteiger partial charge on any atom is -0.319 e. The van der Waals surface area contributed by atoms with E-state index in [2.05, 4.69) is 26.2 Å². The summed E-state index contributed by atoms with van der Waals surface area (Å²) >= 11 is 8.93. The van der Waals surface area contributed by atoms with E-state index in [1.54, 1.807) is 0 Å². The lowest BCUT2D eigenvalue weighted by atomic mass is 10.2. The van der Waals surface area contributed by atoms with Crippen LogP contribution in [0.1, 0.15) is 10.4 Å². The molecule has 9 heteroatoms. The predicted molar refractivity (Wildman–Crippen MR) is 78.0 cm³/mol. The van der Waals surface area contributed by atoms with Gasteiger partial charge in [-0.25, -0.2) is 9.37 Å². The molecule has 1 aromatic carbocycles. The number of nitrogens with one attached hydrogen (secondary N) is 1. The molecule has 21 heavy (non-hydrogen) atoms. The molecule has 1 amide bonds. The Morgan fingerprint density at radius 2 is 2.14 bits per heavy atom. The van der Waals surface area contributed by atoms with Crippen LogP contribution >= 0.6 is 27.5 Å². The topological polar surface area (TPSA) is 85.1 Å². The number of anilines is 1. The van der Waals surface area contributed by atoms with E-state index in [-0.39, 0.29) is 16.4 Å². The zero-order valence-electron chi connectivity index (χ0n) is 10.1. The molecule has 2 rings (SSSR count). The Morgan fingerprint density at radius 3 is 2.76 bits per heavy atom. The first kappa shape index (κ1) is 15.3. The molecule has 0 saturated heterocycles. The lowest BCUT2D eigenvalue weighted by Gasteiger charge is -2.07. The highest BCUT2D eigenvalue weighted by atomic mass is 79.9. The molecule has 1 N–H and O–H groups in total. The summed E-state index contributed by atoms with van der Waals surface area (Å²) in [4.78, 5) is 25.6. The highest BCUT2D eigenvalue weighted by Crippen LogP contribution is 2.23. The molecule has 1 aromatic heterocycles. The summed E-state index contributed by atoms with van der Waals surface area (Å²) in [5.41, 5.74) is -0.557. The number of hydrogen-bond donors (Lipinski definition) is 1. The van der Waals surface area contributed by atoms with Crippen molar-refractivity contribution in [3.8, 4) is 0 Å². The summed E-state index contributed by atoms with van der Waals surface area (Å²) in [6.07, 6.45) is 1.41. The number of benzene rings is 1. The van der Waals surface area contributed by atoms with E-state index >= 15 is 0 Å². The second-order valence-corrected chi connectivity index (χ2v) is 5.14. The quantitative estimate of drug-likeness (QED) is 0.503. The molecule has 0 aliphatic heterocycles. The fourth-order valence-corrected chi connectivity index (χ4v) is 2.01. The Kier molecular flexibility index (Phi) is 4.49. The van der Waals surface area contributed by atoms with Crippen LogP contribution in [0.3, 0.4) is 0 Å². The maximum absolute atomic E-state index is 13.7. The SMILES string of the molecule is O=C(Nc1ccc([N+](=O)[O-])cc1F)c1cc(Br)cnc1Cl. The molecular formula is C12H6BrClFN3O3. The van der Waals surface area contributed by atoms with E-state index in [4.69, 9.17) is 11.6 Å². The molecule has 0 spiro atoms. The van der Waals surface area contributed by atoms with Gasteiger partial charge in [0.1, 0.15) is 5.15 Å². The fourth-order valence-electron chi connectivity index (χ4n) is 1.49. The maximum Gasteiger partial charge on any atom is 0.272 e. The summed E-state index contributed by atoms with van der Waals surface area (Å²) in [5.74, 6) is -1.60. The minimum absolute atomic E-state index is 0.0435. The van der Waals surface area contributed by atoms with Gasteiger partial charge in [-0.3, -0.25) is 14.9 Å². The highest BCUT2D eigenvalue weighted by Gasteiger charge is 2.16. The number of amides is 1. The van der Waals surface area contributed by atoms with E-state index in [0.29, 0.717) is 4.47 Å². The average molecular weight is 375 g/mol. The summed E-state index contributed by atoms with van der Waals surface area (Å²) in [5, 5.41) is 12.7. The second-order valence-electron chi connectivity index (χ2n) is 3.87. The first-order chi connectivity index (χ1) is 9.88. The van der Waals surface area contributed by atoms with Crippen LogP contribution in [-0.4, -0.2) is 15.8 Å². The Hall–Kier alpha value is -2.06. The standard InChI is InChI=1S/C12H6BrClFN3O3/c13-6-3-8(11(14)16-5-6)12(19)17-10-2-1-7(18(20)21)4-9(10)15/h1-5H,(H,17,19). The van der Waals surface area contributed by atoms with Crippen LogP contribution in [0.15, 0.2) is 34.9 Å². The van der Waals surface area contributed by atoms with Gasteiger partial charge in [-0.2, -0.15) is 0 Å². The van der Waals surface area contributed by atoms with Gasteiger partial charge >= 0.3 is 0 Å². The Bertz CT molecular complexity index is 742. The summed E-state index contributed by atoms with van der Waals surface area (Å²) < 4.78 is 14.2. The van der Waals surface area contributed by atoms with Gasteiger partial charge in [0, 0.05) is 16.7 Å². The number of non-ortho nitro benzene ring substituents is 1. The summed E-state index contributed by atoms with van der Waals surface area (Å²) in [7, 11) is 0. The number of hydrogen-bond acceptors (Lipinski definition) is 4. The summed E-state index contributed by atoms with van der Waals surface area (Å²) in [6.45, 7) is 0. The predicted octanol–water partition coefficient (Wildman–Crippen LogP) is 3.80. The number of aromatic nitrogens is 1. The van der Waals surface area contributed by atoms with E-state index in [0.717, 1.165) is 18.2 Å². The van der Waals surface area contributed by atoms with Crippen molar-refractivity contribution in [2.24, 2.45) is 0 Å². The van der Waals surface area contributed by atoms with Crippen molar-refractivity contribution < 1.29 is 14.1 Å². The third-order valence-electron chi connectivity index (χ3n) is 2.46. The molecule has 0 atom stereocenters. The number of carbonyl (C=O) groups excluding carboxylic acids is 1. The lowest BCUT2D eigenvalue weighted by Crippen LogP contribution is -2.14. The van der Waals surface area contributed by atoms with Crippen molar-refractivity contribution in [3.05, 3.63) is 61.6 Å². The monoisotopic (exact) mass is 373 g/mol. The minimum atomic E-state index is -0.920. The lowest BCUT2D eigenvalue weighted by molar-refractivity contribution is -0.385. The van der Waals surface area contributed by atoms with Gasteiger partial charge in [0.05, 0.1) is 22.2 Å². The van der Waals surface area contributed by atoms with Crippen molar-refractivity contribution in [1.82, 2.24) is 4.98 Å². The van der Waals surface area contributed by atoms with Crippen LogP contribution < -0.4 is 5.32 Å². The number of pyridine rings is 1. The van der Waals surface area contributed by atoms with Gasteiger partial charge in [-0.15, -0.1) is 0 Å². The average Bonchev–Trinajstić information content (AvgIpc) is 2.43. The number of nitro benzene ring substituents is 1. The molecule has 0 fully saturated rings. The van der Waals surface area contributed by atoms with Crippen LogP contribution in [0.2, 0.25) is 5.15 Å². The maximum atomic E-state index is 13.7. The Balaban J connectivity index is 2.27. The molecule has 0 aliphatic rings. The second kappa shape index (κ2) is 6.15. The van der Waals surface area contributed by atoms with E-state index < -0.39 is 22.3 Å². The third-order valence-corrected chi connectivity index (χ3v) is 3.20. The van der Waals surface area contributed by atoms with Crippen molar-refractivity contribution in [1.29, 1.82) is 0 Å². The van der Waals surface area contributed by atoms with Gasteiger partial charge < -0.3 is 5.32 Å². The van der Waals surface area contributed by atoms with Gasteiger partial charge in [0.25, 0.3) is 11.6 Å². The highest BCUT2D eigenvalue weighted by molar-refractivity contribution is 9.10. The molecular weight excluding hydrogens is 369 g/mol. The van der Waals surface area contributed by atoms with Crippen molar-refractivity contribution >= 4 is 44.8 Å². The van der Waals surface area contributed by atoms with Gasteiger partial charge in [0.15, 0.2) is 5.82 Å². The number of nitro groups is 1. The number of nitrogens with zero attached hydrogens (tertiary/aromatic N) is 2. The fraction of sp³-hybridized carbons (Fsp3) is 0. The Labute approximate surface area is 131 Å². The van der Waals surface area contributed by atoms with E-state index in [1.165, 1.54) is 12.3 Å². The van der Waals surface area contributed by atoms with Crippen LogP contribution in [0.25, 0.3) is 0 Å². The van der Waals surface area contributed by atoms with Crippen molar-refractivity contribution in [2.75, 3.05) is 5.32 Å². The number of carbonyl (C=O) groups is 1. The molecule has 2 aromatic rings. The zero-order valence-corrected chi connectivity index (χ0v) is 12.5. The van der Waals surface area contributed by atoms with Crippen molar-refractivity contribution in [2.45, 2.75) is 0 Å². The zero-order chi connectivity index (χ0) is 15.6. The summed E-state index contributed by atoms with van der Waals surface area (Å²) in [6, 6.07) is 4.33. The Morgan fingerprint density at radius 1 is 1.43 bits per heavy atom. The number of halogens is 3. The van der Waals surface area contributed by atoms with Gasteiger partial charge in [-0.05, 0) is 28.1 Å². The van der Waals surface area contributed by atoms with Gasteiger partial charge in [-0.1, -0.05) is 11.6 Å². The van der Waals surface area contributed by atoms with Crippen LogP contribution in [0.4, 0.5) is 15.8 Å². The third kappa shape index (κ3) is 3.53. The first-order valence-electron chi connectivity index (χ1n) is 5.45. The van der Waals surface area contributed by atoms with E-state index in [1.807, 2.05) is 0 Å². The molecule has 0 saturated carbocycles. The van der Waals surface area contributed by atoms with E-state index in [9.17, 15) is 19.3 Å². The first-order valence-corrected chi connectivity index (χ1v) is 6.62. The molecule has 6 nitrogen and oxygen atoms in total. The molecule has 0 unspecified atom stereocenters. The molecule has 0 radical (unpaired) electrons. The largest absolute Gasteiger partial charge is 0.319 e. The smallest absolute Gasteiger partial charge is 0.272 e. The molecule has 0 aliphatic carbocycles. The molecule has 108 valence electrons. The van der Waals surface area contributed by atoms with Crippen molar-refractivity contribution in [3.63, 3.8) is 0 Å². The molecule has 1 heterocycles. The van der Waals surface area contributed by atoms with Crippen LogP contribution in [0, 0.1) is 15.9 Å². The van der Waals surface area contributed by atoms with Crippen LogP contribution in [-0.2, 0) is 0 Å². The normalized spacial score (nSPS) is 10.2. The van der Waals surface area contributed by atoms with Crippen LogP contribution in [0.5, 0.6) is 0 Å². The molecule has 0 bridgehead atoms. The number of rotatable bonds is 3.